The van der Waals surface area contributed by atoms with Crippen molar-refractivity contribution in [3.8, 4) is 0 Å². The zero-order valence-electron chi connectivity index (χ0n) is 13.4. The van der Waals surface area contributed by atoms with E-state index in [1.165, 1.54) is 10.5 Å². The molecule has 0 aromatic heterocycles. The number of benzene rings is 2. The quantitative estimate of drug-likeness (QED) is 0.766. The van der Waals surface area contributed by atoms with Crippen molar-refractivity contribution in [3.63, 3.8) is 0 Å². The number of hydrogen-bond acceptors (Lipinski definition) is 2. The largest absolute Gasteiger partial charge is 0.342 e. The van der Waals surface area contributed by atoms with Crippen LogP contribution in [0.1, 0.15) is 18.4 Å². The van der Waals surface area contributed by atoms with Gasteiger partial charge in [0.05, 0.1) is 5.75 Å². The molecule has 1 amide bonds. The van der Waals surface area contributed by atoms with E-state index in [0.717, 1.165) is 32.4 Å². The second-order valence-corrected chi connectivity index (χ2v) is 7.16. The van der Waals surface area contributed by atoms with Crippen LogP contribution in [0.25, 0.3) is 0 Å². The van der Waals surface area contributed by atoms with Crippen LogP contribution in [0.5, 0.6) is 0 Å². The van der Waals surface area contributed by atoms with E-state index in [4.69, 9.17) is 0 Å². The fourth-order valence-corrected chi connectivity index (χ4v) is 3.91. The first-order valence-corrected chi connectivity index (χ1v) is 9.29. The number of rotatable bonds is 5. The van der Waals surface area contributed by atoms with Crippen molar-refractivity contribution < 1.29 is 4.79 Å². The molecule has 1 aliphatic rings. The van der Waals surface area contributed by atoms with Crippen LogP contribution in [0, 0.1) is 5.92 Å². The van der Waals surface area contributed by atoms with E-state index in [9.17, 15) is 4.79 Å². The third kappa shape index (κ3) is 4.87. The van der Waals surface area contributed by atoms with Gasteiger partial charge < -0.3 is 4.90 Å². The summed E-state index contributed by atoms with van der Waals surface area (Å²) in [5.74, 6) is 1.54. The molecule has 0 atom stereocenters. The first-order chi connectivity index (χ1) is 11.3. The Hall–Kier alpha value is -1.74. The topological polar surface area (TPSA) is 20.3 Å². The van der Waals surface area contributed by atoms with Gasteiger partial charge in [0.15, 0.2) is 0 Å². The van der Waals surface area contributed by atoms with Crippen molar-refractivity contribution in [1.29, 1.82) is 0 Å². The van der Waals surface area contributed by atoms with Crippen molar-refractivity contribution in [1.82, 2.24) is 4.90 Å². The summed E-state index contributed by atoms with van der Waals surface area (Å²) in [6.45, 7) is 1.82. The molecular weight excluding hydrogens is 302 g/mol. The van der Waals surface area contributed by atoms with E-state index in [0.29, 0.717) is 11.7 Å². The highest BCUT2D eigenvalue weighted by Crippen LogP contribution is 2.23. The Morgan fingerprint density at radius 1 is 0.957 bits per heavy atom. The minimum Gasteiger partial charge on any atom is -0.342 e. The zero-order chi connectivity index (χ0) is 15.9. The number of likely N-dealkylation sites (tertiary alicyclic amines) is 1. The van der Waals surface area contributed by atoms with Crippen LogP contribution >= 0.6 is 11.8 Å². The molecule has 0 N–H and O–H groups in total. The number of amides is 1. The fourth-order valence-electron chi connectivity index (χ4n) is 3.09. The summed E-state index contributed by atoms with van der Waals surface area (Å²) >= 11 is 1.63. The van der Waals surface area contributed by atoms with Gasteiger partial charge in [-0.25, -0.2) is 0 Å². The summed E-state index contributed by atoms with van der Waals surface area (Å²) in [6, 6.07) is 20.8. The number of hydrogen-bond donors (Lipinski definition) is 0. The molecule has 0 unspecified atom stereocenters. The first-order valence-electron chi connectivity index (χ1n) is 8.31. The lowest BCUT2D eigenvalue weighted by Crippen LogP contribution is -2.39. The van der Waals surface area contributed by atoms with Gasteiger partial charge in [-0.3, -0.25) is 4.79 Å². The fraction of sp³-hybridized carbons (Fsp3) is 0.350. The number of carbonyl (C=O) groups excluding carboxylic acids is 1. The molecule has 3 rings (SSSR count). The maximum Gasteiger partial charge on any atom is 0.232 e. The molecule has 3 heteroatoms. The van der Waals surface area contributed by atoms with Gasteiger partial charge >= 0.3 is 0 Å². The van der Waals surface area contributed by atoms with Gasteiger partial charge in [-0.1, -0.05) is 48.5 Å². The summed E-state index contributed by atoms with van der Waals surface area (Å²) < 4.78 is 0. The predicted molar refractivity (Wildman–Crippen MR) is 96.6 cm³/mol. The minimum absolute atomic E-state index is 0.275. The van der Waals surface area contributed by atoms with Gasteiger partial charge in [0.25, 0.3) is 0 Å². The summed E-state index contributed by atoms with van der Waals surface area (Å²) in [6.07, 6.45) is 3.38. The van der Waals surface area contributed by atoms with Crippen LogP contribution in [0.3, 0.4) is 0 Å². The molecule has 0 saturated carbocycles. The highest BCUT2D eigenvalue weighted by atomic mass is 32.2. The summed E-state index contributed by atoms with van der Waals surface area (Å²) in [7, 11) is 0. The number of carbonyl (C=O) groups is 1. The van der Waals surface area contributed by atoms with Gasteiger partial charge in [-0.05, 0) is 42.9 Å². The van der Waals surface area contributed by atoms with Gasteiger partial charge in [0.1, 0.15) is 0 Å². The maximum absolute atomic E-state index is 12.3. The Labute approximate surface area is 142 Å². The van der Waals surface area contributed by atoms with E-state index in [-0.39, 0.29) is 5.91 Å². The second-order valence-electron chi connectivity index (χ2n) is 6.12. The lowest BCUT2D eigenvalue weighted by Gasteiger charge is -2.32. The van der Waals surface area contributed by atoms with Crippen molar-refractivity contribution in [2.75, 3.05) is 18.8 Å². The number of thioether (sulfide) groups is 1. The second kappa shape index (κ2) is 8.21. The van der Waals surface area contributed by atoms with E-state index < -0.39 is 0 Å². The van der Waals surface area contributed by atoms with Crippen molar-refractivity contribution >= 4 is 17.7 Å². The van der Waals surface area contributed by atoms with Crippen molar-refractivity contribution in [3.05, 3.63) is 66.2 Å². The lowest BCUT2D eigenvalue weighted by molar-refractivity contribution is -0.129. The van der Waals surface area contributed by atoms with Gasteiger partial charge in [0.2, 0.25) is 5.91 Å². The Kier molecular flexibility index (Phi) is 5.76. The molecule has 0 radical (unpaired) electrons. The Balaban J connectivity index is 1.42. The van der Waals surface area contributed by atoms with E-state index in [2.05, 4.69) is 42.5 Å². The molecule has 2 nitrogen and oxygen atoms in total. The molecule has 1 saturated heterocycles. The van der Waals surface area contributed by atoms with Crippen LogP contribution < -0.4 is 0 Å². The summed E-state index contributed by atoms with van der Waals surface area (Å²) in [5.41, 5.74) is 1.41. The highest BCUT2D eigenvalue weighted by molar-refractivity contribution is 8.00. The van der Waals surface area contributed by atoms with Crippen LogP contribution in [-0.2, 0) is 11.2 Å². The molecule has 0 spiro atoms. The summed E-state index contributed by atoms with van der Waals surface area (Å²) in [5, 5.41) is 0. The van der Waals surface area contributed by atoms with E-state index in [1.807, 2.05) is 23.1 Å². The highest BCUT2D eigenvalue weighted by Gasteiger charge is 2.22. The molecule has 1 fully saturated rings. The van der Waals surface area contributed by atoms with Crippen LogP contribution in [0.15, 0.2) is 65.6 Å². The molecule has 0 aliphatic carbocycles. The number of nitrogens with zero attached hydrogens (tertiary/aromatic N) is 1. The third-order valence-corrected chi connectivity index (χ3v) is 5.44. The van der Waals surface area contributed by atoms with Crippen LogP contribution in [0.4, 0.5) is 0 Å². The first kappa shape index (κ1) is 16.1. The third-order valence-electron chi connectivity index (χ3n) is 4.44. The molecule has 1 heterocycles. The molecule has 23 heavy (non-hydrogen) atoms. The van der Waals surface area contributed by atoms with Gasteiger partial charge in [-0.15, -0.1) is 11.8 Å². The number of piperidine rings is 1. The molecule has 1 aliphatic heterocycles. The average Bonchev–Trinajstić information content (AvgIpc) is 2.62. The maximum atomic E-state index is 12.3. The van der Waals surface area contributed by atoms with Crippen LogP contribution in [-0.4, -0.2) is 29.6 Å². The standard InChI is InChI=1S/C20H23NOS/c22-20(16-23-19-9-5-2-6-10-19)21-13-11-18(12-14-21)15-17-7-3-1-4-8-17/h1-10,18H,11-16H2. The molecular formula is C20H23NOS. The summed E-state index contributed by atoms with van der Waals surface area (Å²) in [4.78, 5) is 15.5. The predicted octanol–water partition coefficient (Wildman–Crippen LogP) is 4.26. The van der Waals surface area contributed by atoms with Crippen molar-refractivity contribution in [2.45, 2.75) is 24.2 Å². The molecule has 2 aromatic rings. The van der Waals surface area contributed by atoms with Crippen LogP contribution in [0.2, 0.25) is 0 Å². The van der Waals surface area contributed by atoms with Gasteiger partial charge in [-0.2, -0.15) is 0 Å². The zero-order valence-corrected chi connectivity index (χ0v) is 14.2. The Morgan fingerprint density at radius 3 is 2.22 bits per heavy atom. The minimum atomic E-state index is 0.275. The monoisotopic (exact) mass is 325 g/mol. The normalized spacial score (nSPS) is 15.6. The molecule has 2 aromatic carbocycles. The smallest absolute Gasteiger partial charge is 0.232 e. The molecule has 120 valence electrons. The average molecular weight is 325 g/mol. The SMILES string of the molecule is O=C(CSc1ccccc1)N1CCC(Cc2ccccc2)CC1. The molecule has 0 bridgehead atoms. The lowest BCUT2D eigenvalue weighted by atomic mass is 9.90. The Morgan fingerprint density at radius 2 is 1.57 bits per heavy atom. The van der Waals surface area contributed by atoms with Gasteiger partial charge in [0, 0.05) is 18.0 Å². The van der Waals surface area contributed by atoms with Crippen molar-refractivity contribution in [2.24, 2.45) is 5.92 Å². The van der Waals surface area contributed by atoms with E-state index >= 15 is 0 Å². The van der Waals surface area contributed by atoms with E-state index in [1.54, 1.807) is 11.8 Å². The Bertz CT molecular complexity index is 606.